The van der Waals surface area contributed by atoms with Crippen molar-refractivity contribution in [2.45, 2.75) is 10.9 Å². The molecular weight excluding hydrogens is 368 g/mol. The normalized spacial score (nSPS) is 12.1. The Kier molecular flexibility index (Phi) is 6.95. The fourth-order valence-electron chi connectivity index (χ4n) is 3.11. The molecule has 28 heavy (non-hydrogen) atoms. The average molecular weight is 395 g/mol. The van der Waals surface area contributed by atoms with Gasteiger partial charge in [-0.1, -0.05) is 42.5 Å². The van der Waals surface area contributed by atoms with E-state index < -0.39 is 0 Å². The van der Waals surface area contributed by atoms with E-state index in [-0.39, 0.29) is 11.9 Å². The molecule has 0 aliphatic carbocycles. The van der Waals surface area contributed by atoms with Crippen molar-refractivity contribution in [2.24, 2.45) is 0 Å². The van der Waals surface area contributed by atoms with E-state index >= 15 is 0 Å². The lowest BCUT2D eigenvalue weighted by atomic mass is 10.1. The lowest BCUT2D eigenvalue weighted by Crippen LogP contribution is -2.35. The fourth-order valence-corrected chi connectivity index (χ4v) is 3.89. The minimum absolute atomic E-state index is 0.0351. The van der Waals surface area contributed by atoms with Gasteiger partial charge in [0.2, 0.25) is 5.91 Å². The number of benzene rings is 3. The summed E-state index contributed by atoms with van der Waals surface area (Å²) in [6.07, 6.45) is 0. The Labute approximate surface area is 170 Å². The van der Waals surface area contributed by atoms with Crippen LogP contribution in [0.1, 0.15) is 11.6 Å². The maximum Gasteiger partial charge on any atom is 0.230 e. The fraction of sp³-hybridized carbons (Fsp3) is 0.261. The highest BCUT2D eigenvalue weighted by atomic mass is 32.2. The summed E-state index contributed by atoms with van der Waals surface area (Å²) in [6, 6.07) is 22.6. The number of likely N-dealkylation sites (N-methyl/N-ethyl adjacent to an activating group) is 1. The zero-order valence-electron chi connectivity index (χ0n) is 16.5. The smallest absolute Gasteiger partial charge is 0.230 e. The molecule has 4 nitrogen and oxygen atoms in total. The molecule has 0 heterocycles. The molecule has 146 valence electrons. The van der Waals surface area contributed by atoms with Gasteiger partial charge >= 0.3 is 0 Å². The Balaban J connectivity index is 1.56. The van der Waals surface area contributed by atoms with Crippen molar-refractivity contribution in [1.82, 2.24) is 10.2 Å². The highest BCUT2D eigenvalue weighted by Crippen LogP contribution is 2.24. The molecule has 3 rings (SSSR count). The third-order valence-electron chi connectivity index (χ3n) is 4.69. The van der Waals surface area contributed by atoms with Crippen LogP contribution in [0.3, 0.4) is 0 Å². The SMILES string of the molecule is COc1cccc(C(CNC(=O)CSc2ccc3ccccc3c2)N(C)C)c1. The summed E-state index contributed by atoms with van der Waals surface area (Å²) in [5.41, 5.74) is 1.12. The van der Waals surface area contributed by atoms with Crippen LogP contribution in [0.2, 0.25) is 0 Å². The van der Waals surface area contributed by atoms with Crippen molar-refractivity contribution in [2.75, 3.05) is 33.5 Å². The molecule has 0 saturated heterocycles. The molecule has 0 radical (unpaired) electrons. The predicted octanol–water partition coefficient (Wildman–Crippen LogP) is 4.36. The van der Waals surface area contributed by atoms with E-state index in [1.807, 2.05) is 44.4 Å². The number of carbonyl (C=O) groups is 1. The number of ether oxygens (including phenoxy) is 1. The number of amides is 1. The van der Waals surface area contributed by atoms with E-state index in [4.69, 9.17) is 4.74 Å². The van der Waals surface area contributed by atoms with Gasteiger partial charge in [0, 0.05) is 11.4 Å². The van der Waals surface area contributed by atoms with Gasteiger partial charge < -0.3 is 15.0 Å². The lowest BCUT2D eigenvalue weighted by Gasteiger charge is -2.25. The number of nitrogens with one attached hydrogen (secondary N) is 1. The van der Waals surface area contributed by atoms with Gasteiger partial charge in [0.1, 0.15) is 5.75 Å². The maximum atomic E-state index is 12.4. The van der Waals surface area contributed by atoms with Gasteiger partial charge in [-0.3, -0.25) is 4.79 Å². The summed E-state index contributed by atoms with van der Waals surface area (Å²) in [4.78, 5) is 15.6. The molecule has 1 amide bonds. The van der Waals surface area contributed by atoms with Crippen LogP contribution in [0, 0.1) is 0 Å². The monoisotopic (exact) mass is 394 g/mol. The molecule has 3 aromatic rings. The van der Waals surface area contributed by atoms with Crippen LogP contribution in [-0.2, 0) is 4.79 Å². The van der Waals surface area contributed by atoms with Gasteiger partial charge in [0.05, 0.1) is 18.9 Å². The summed E-state index contributed by atoms with van der Waals surface area (Å²) < 4.78 is 5.32. The summed E-state index contributed by atoms with van der Waals surface area (Å²) in [6.45, 7) is 0.553. The Morgan fingerprint density at radius 1 is 1.04 bits per heavy atom. The Morgan fingerprint density at radius 3 is 2.57 bits per heavy atom. The van der Waals surface area contributed by atoms with Crippen molar-refractivity contribution in [3.05, 3.63) is 72.3 Å². The van der Waals surface area contributed by atoms with Gasteiger partial charge in [-0.15, -0.1) is 11.8 Å². The van der Waals surface area contributed by atoms with Crippen LogP contribution in [-0.4, -0.2) is 44.3 Å². The number of fused-ring (bicyclic) bond motifs is 1. The van der Waals surface area contributed by atoms with Crippen LogP contribution in [0.5, 0.6) is 5.75 Å². The van der Waals surface area contributed by atoms with Crippen LogP contribution >= 0.6 is 11.8 Å². The first kappa shape index (κ1) is 20.2. The first-order valence-corrected chi connectivity index (χ1v) is 10.2. The zero-order chi connectivity index (χ0) is 19.9. The van der Waals surface area contributed by atoms with Crippen molar-refractivity contribution in [3.8, 4) is 5.75 Å². The molecule has 0 bridgehead atoms. The summed E-state index contributed by atoms with van der Waals surface area (Å²) in [7, 11) is 5.69. The van der Waals surface area contributed by atoms with E-state index in [0.29, 0.717) is 12.3 Å². The van der Waals surface area contributed by atoms with Crippen LogP contribution in [0.4, 0.5) is 0 Å². The first-order valence-electron chi connectivity index (χ1n) is 9.25. The van der Waals surface area contributed by atoms with Crippen LogP contribution < -0.4 is 10.1 Å². The van der Waals surface area contributed by atoms with Gasteiger partial charge in [0.15, 0.2) is 0 Å². The summed E-state index contributed by atoms with van der Waals surface area (Å²) in [5, 5.41) is 5.47. The molecule has 1 atom stereocenters. The second-order valence-electron chi connectivity index (χ2n) is 6.86. The van der Waals surface area contributed by atoms with Crippen molar-refractivity contribution < 1.29 is 9.53 Å². The van der Waals surface area contributed by atoms with E-state index in [1.165, 1.54) is 10.8 Å². The minimum atomic E-state index is 0.0351. The molecule has 5 heteroatoms. The van der Waals surface area contributed by atoms with Gasteiger partial charge in [0.25, 0.3) is 0 Å². The molecule has 0 saturated carbocycles. The molecule has 1 N–H and O–H groups in total. The number of carbonyl (C=O) groups excluding carboxylic acids is 1. The van der Waals surface area contributed by atoms with Crippen LogP contribution in [0.15, 0.2) is 71.6 Å². The molecular formula is C23H26N2O2S. The third-order valence-corrected chi connectivity index (χ3v) is 5.68. The number of nitrogens with zero attached hydrogens (tertiary/aromatic N) is 1. The van der Waals surface area contributed by atoms with E-state index in [1.54, 1.807) is 18.9 Å². The predicted molar refractivity (Wildman–Crippen MR) is 117 cm³/mol. The molecule has 0 aliphatic rings. The second-order valence-corrected chi connectivity index (χ2v) is 7.91. The second kappa shape index (κ2) is 9.62. The highest BCUT2D eigenvalue weighted by Gasteiger charge is 2.16. The topological polar surface area (TPSA) is 41.6 Å². The van der Waals surface area contributed by atoms with Gasteiger partial charge in [-0.2, -0.15) is 0 Å². The highest BCUT2D eigenvalue weighted by molar-refractivity contribution is 8.00. The summed E-state index contributed by atoms with van der Waals surface area (Å²) >= 11 is 1.56. The van der Waals surface area contributed by atoms with Crippen molar-refractivity contribution in [3.63, 3.8) is 0 Å². The Morgan fingerprint density at radius 2 is 1.82 bits per heavy atom. The first-order chi connectivity index (χ1) is 13.6. The largest absolute Gasteiger partial charge is 0.497 e. The van der Waals surface area contributed by atoms with Gasteiger partial charge in [-0.05, 0) is 54.7 Å². The number of thioether (sulfide) groups is 1. The number of rotatable bonds is 8. The van der Waals surface area contributed by atoms with E-state index in [2.05, 4.69) is 46.6 Å². The molecule has 0 aliphatic heterocycles. The van der Waals surface area contributed by atoms with Gasteiger partial charge in [-0.25, -0.2) is 0 Å². The Bertz CT molecular complexity index is 943. The molecule has 0 aromatic heterocycles. The summed E-state index contributed by atoms with van der Waals surface area (Å²) in [5.74, 6) is 1.26. The molecule has 0 spiro atoms. The van der Waals surface area contributed by atoms with Crippen molar-refractivity contribution in [1.29, 1.82) is 0 Å². The average Bonchev–Trinajstić information content (AvgIpc) is 2.72. The molecule has 3 aromatic carbocycles. The van der Waals surface area contributed by atoms with Crippen LogP contribution in [0.25, 0.3) is 10.8 Å². The minimum Gasteiger partial charge on any atom is -0.497 e. The quantitative estimate of drug-likeness (QED) is 0.577. The molecule has 0 fully saturated rings. The number of hydrogen-bond acceptors (Lipinski definition) is 4. The molecule has 1 unspecified atom stereocenters. The third kappa shape index (κ3) is 5.27. The standard InChI is InChI=1S/C23H26N2O2S/c1-25(2)22(19-9-6-10-20(13-19)27-3)15-24-23(26)16-28-21-12-11-17-7-4-5-8-18(17)14-21/h4-14,22H,15-16H2,1-3H3,(H,24,26). The van der Waals surface area contributed by atoms with E-state index in [0.717, 1.165) is 16.2 Å². The zero-order valence-corrected chi connectivity index (χ0v) is 17.3. The number of methoxy groups -OCH3 is 1. The van der Waals surface area contributed by atoms with E-state index in [9.17, 15) is 4.79 Å². The maximum absolute atomic E-state index is 12.4. The lowest BCUT2D eigenvalue weighted by molar-refractivity contribution is -0.118. The Hall–Kier alpha value is -2.50. The number of hydrogen-bond donors (Lipinski definition) is 1. The van der Waals surface area contributed by atoms with Crippen molar-refractivity contribution >= 4 is 28.4 Å².